The van der Waals surface area contributed by atoms with Gasteiger partial charge in [-0.3, -0.25) is 4.79 Å². The zero-order chi connectivity index (χ0) is 19.9. The minimum absolute atomic E-state index is 0.102. The molecule has 3 rings (SSSR count). The highest BCUT2D eigenvalue weighted by Gasteiger charge is 2.13. The van der Waals surface area contributed by atoms with Crippen LogP contribution in [0.4, 0.5) is 5.69 Å². The largest absolute Gasteiger partial charge is 0.494 e. The Hall–Kier alpha value is -2.80. The topological polar surface area (TPSA) is 77.2 Å². The van der Waals surface area contributed by atoms with Crippen molar-refractivity contribution in [2.45, 2.75) is 32.4 Å². The van der Waals surface area contributed by atoms with E-state index in [1.165, 1.54) is 11.8 Å². The third-order valence-electron chi connectivity index (χ3n) is 4.15. The number of nitrogens with zero attached hydrogens (tertiary/aromatic N) is 2. The number of aryl methyl sites for hydroxylation is 2. The molecule has 0 aliphatic rings. The Morgan fingerprint density at radius 2 is 1.93 bits per heavy atom. The maximum absolute atomic E-state index is 12.3. The molecule has 0 saturated heterocycles. The van der Waals surface area contributed by atoms with Gasteiger partial charge < -0.3 is 14.5 Å². The molecule has 3 aromatic rings. The van der Waals surface area contributed by atoms with Crippen molar-refractivity contribution in [3.63, 3.8) is 0 Å². The lowest BCUT2D eigenvalue weighted by atomic mass is 10.1. The van der Waals surface area contributed by atoms with E-state index >= 15 is 0 Å². The maximum atomic E-state index is 12.3. The molecule has 1 amide bonds. The summed E-state index contributed by atoms with van der Waals surface area (Å²) in [5, 5.41) is 11.4. The summed E-state index contributed by atoms with van der Waals surface area (Å²) in [6, 6.07) is 13.5. The van der Waals surface area contributed by atoms with Crippen molar-refractivity contribution in [3.8, 4) is 17.2 Å². The number of thioether (sulfide) groups is 1. The Labute approximate surface area is 168 Å². The number of nitrogens with one attached hydrogen (secondary N) is 1. The molecule has 28 heavy (non-hydrogen) atoms. The minimum Gasteiger partial charge on any atom is -0.494 e. The number of carbonyl (C=O) groups excluding carboxylic acids is 1. The summed E-state index contributed by atoms with van der Waals surface area (Å²) in [5.74, 6) is 1.30. The second-order valence-electron chi connectivity index (χ2n) is 6.13. The lowest BCUT2D eigenvalue weighted by Crippen LogP contribution is -2.16. The van der Waals surface area contributed by atoms with E-state index in [-0.39, 0.29) is 11.7 Å². The van der Waals surface area contributed by atoms with Gasteiger partial charge >= 0.3 is 0 Å². The Balaban J connectivity index is 1.59. The molecule has 0 unspecified atom stereocenters. The van der Waals surface area contributed by atoms with Gasteiger partial charge in [0.1, 0.15) is 5.75 Å². The molecule has 0 saturated carbocycles. The SMILES string of the molecule is CCOc1ccc(-c2nnc(SCC(=O)Nc3c(C)cccc3CC)o2)cc1. The number of rotatable bonds is 8. The van der Waals surface area contributed by atoms with Gasteiger partial charge in [0, 0.05) is 11.3 Å². The fourth-order valence-corrected chi connectivity index (χ4v) is 3.31. The highest BCUT2D eigenvalue weighted by atomic mass is 32.2. The Morgan fingerprint density at radius 1 is 1.14 bits per heavy atom. The number of benzene rings is 2. The molecule has 0 fully saturated rings. The van der Waals surface area contributed by atoms with Crippen LogP contribution >= 0.6 is 11.8 Å². The van der Waals surface area contributed by atoms with Crippen molar-refractivity contribution in [1.82, 2.24) is 10.2 Å². The zero-order valence-corrected chi connectivity index (χ0v) is 17.0. The number of carbonyl (C=O) groups is 1. The number of ether oxygens (including phenoxy) is 1. The fraction of sp³-hybridized carbons (Fsp3) is 0.286. The van der Waals surface area contributed by atoms with E-state index in [0.717, 1.165) is 34.5 Å². The molecule has 7 heteroatoms. The van der Waals surface area contributed by atoms with Gasteiger partial charge in [0.2, 0.25) is 11.8 Å². The van der Waals surface area contributed by atoms with Crippen LogP contribution in [0.15, 0.2) is 52.1 Å². The quantitative estimate of drug-likeness (QED) is 0.553. The lowest BCUT2D eigenvalue weighted by Gasteiger charge is -2.12. The number of anilines is 1. The van der Waals surface area contributed by atoms with Crippen LogP contribution in [0.1, 0.15) is 25.0 Å². The third kappa shape index (κ3) is 4.92. The summed E-state index contributed by atoms with van der Waals surface area (Å²) < 4.78 is 11.1. The first-order valence-electron chi connectivity index (χ1n) is 9.18. The molecule has 0 aliphatic carbocycles. The van der Waals surface area contributed by atoms with Crippen LogP contribution in [0.3, 0.4) is 0 Å². The molecule has 2 aromatic carbocycles. The van der Waals surface area contributed by atoms with Gasteiger partial charge in [-0.2, -0.15) is 0 Å². The summed E-state index contributed by atoms with van der Waals surface area (Å²) in [6.07, 6.45) is 0.861. The molecule has 146 valence electrons. The first-order valence-corrected chi connectivity index (χ1v) is 10.2. The summed E-state index contributed by atoms with van der Waals surface area (Å²) in [6.45, 7) is 6.61. The number of amides is 1. The predicted molar refractivity (Wildman–Crippen MR) is 111 cm³/mol. The second-order valence-corrected chi connectivity index (χ2v) is 7.06. The Kier molecular flexibility index (Phi) is 6.71. The van der Waals surface area contributed by atoms with Gasteiger partial charge in [-0.05, 0) is 55.7 Å². The molecule has 1 heterocycles. The van der Waals surface area contributed by atoms with E-state index in [1.807, 2.05) is 56.3 Å². The Morgan fingerprint density at radius 3 is 2.64 bits per heavy atom. The predicted octanol–water partition coefficient (Wildman–Crippen LogP) is 4.74. The minimum atomic E-state index is -0.102. The fourth-order valence-electron chi connectivity index (χ4n) is 2.75. The molecule has 0 aliphatic heterocycles. The van der Waals surface area contributed by atoms with Gasteiger partial charge in [0.25, 0.3) is 5.22 Å². The Bertz CT molecular complexity index is 938. The normalized spacial score (nSPS) is 10.7. The van der Waals surface area contributed by atoms with E-state index in [4.69, 9.17) is 9.15 Å². The smallest absolute Gasteiger partial charge is 0.277 e. The molecule has 0 spiro atoms. The molecular formula is C21H23N3O3S. The summed E-state index contributed by atoms with van der Waals surface area (Å²) >= 11 is 1.22. The highest BCUT2D eigenvalue weighted by Crippen LogP contribution is 2.26. The maximum Gasteiger partial charge on any atom is 0.277 e. The van der Waals surface area contributed by atoms with Crippen LogP contribution in [0.2, 0.25) is 0 Å². The van der Waals surface area contributed by atoms with Crippen molar-refractivity contribution in [2.24, 2.45) is 0 Å². The van der Waals surface area contributed by atoms with Crippen molar-refractivity contribution in [3.05, 3.63) is 53.6 Å². The molecule has 1 aromatic heterocycles. The van der Waals surface area contributed by atoms with Crippen molar-refractivity contribution < 1.29 is 13.9 Å². The van der Waals surface area contributed by atoms with Crippen molar-refractivity contribution in [2.75, 3.05) is 17.7 Å². The van der Waals surface area contributed by atoms with Crippen LogP contribution in [0, 0.1) is 6.92 Å². The summed E-state index contributed by atoms with van der Waals surface area (Å²) in [7, 11) is 0. The number of aromatic nitrogens is 2. The van der Waals surface area contributed by atoms with Gasteiger partial charge in [0.05, 0.1) is 12.4 Å². The van der Waals surface area contributed by atoms with Gasteiger partial charge in [-0.25, -0.2) is 0 Å². The van der Waals surface area contributed by atoms with Crippen LogP contribution in [-0.2, 0) is 11.2 Å². The average Bonchev–Trinajstić information content (AvgIpc) is 3.18. The average molecular weight is 398 g/mol. The standard InChI is InChI=1S/C21H23N3O3S/c1-4-15-8-6-7-14(3)19(15)22-18(25)13-28-21-24-23-20(27-21)16-9-11-17(12-10-16)26-5-2/h6-12H,4-5,13H2,1-3H3,(H,22,25). The van der Waals surface area contributed by atoms with E-state index < -0.39 is 0 Å². The van der Waals surface area contributed by atoms with Gasteiger partial charge in [-0.15, -0.1) is 10.2 Å². The molecular weight excluding hydrogens is 374 g/mol. The van der Waals surface area contributed by atoms with Crippen LogP contribution in [0.25, 0.3) is 11.5 Å². The highest BCUT2D eigenvalue weighted by molar-refractivity contribution is 7.99. The second kappa shape index (κ2) is 9.41. The van der Waals surface area contributed by atoms with Crippen LogP contribution in [-0.4, -0.2) is 28.5 Å². The van der Waals surface area contributed by atoms with Crippen LogP contribution in [0.5, 0.6) is 5.75 Å². The number of hydrogen-bond donors (Lipinski definition) is 1. The summed E-state index contributed by atoms with van der Waals surface area (Å²) in [4.78, 5) is 12.3. The van der Waals surface area contributed by atoms with E-state index in [0.29, 0.717) is 17.7 Å². The van der Waals surface area contributed by atoms with E-state index in [9.17, 15) is 4.79 Å². The first-order chi connectivity index (χ1) is 13.6. The lowest BCUT2D eigenvalue weighted by molar-refractivity contribution is -0.113. The zero-order valence-electron chi connectivity index (χ0n) is 16.2. The number of para-hydroxylation sites is 1. The summed E-state index contributed by atoms with van der Waals surface area (Å²) in [5.41, 5.74) is 3.86. The molecule has 1 N–H and O–H groups in total. The monoisotopic (exact) mass is 397 g/mol. The van der Waals surface area contributed by atoms with Gasteiger partial charge in [-0.1, -0.05) is 36.9 Å². The molecule has 0 bridgehead atoms. The van der Waals surface area contributed by atoms with Crippen LogP contribution < -0.4 is 10.1 Å². The van der Waals surface area contributed by atoms with Crippen molar-refractivity contribution >= 4 is 23.4 Å². The van der Waals surface area contributed by atoms with Gasteiger partial charge in [0.15, 0.2) is 0 Å². The molecule has 6 nitrogen and oxygen atoms in total. The van der Waals surface area contributed by atoms with E-state index in [1.54, 1.807) is 0 Å². The van der Waals surface area contributed by atoms with Crippen molar-refractivity contribution in [1.29, 1.82) is 0 Å². The third-order valence-corrected chi connectivity index (χ3v) is 4.97. The number of hydrogen-bond acceptors (Lipinski definition) is 6. The molecule has 0 atom stereocenters. The van der Waals surface area contributed by atoms with E-state index in [2.05, 4.69) is 22.4 Å². The molecule has 0 radical (unpaired) electrons. The first kappa shape index (κ1) is 19.9.